The largest absolute Gasteiger partial charge is 0.494 e. The first-order valence-corrected chi connectivity index (χ1v) is 8.72. The molecule has 0 aliphatic rings. The van der Waals surface area contributed by atoms with Crippen molar-refractivity contribution in [3.8, 4) is 5.75 Å². The number of hydrogen-bond acceptors (Lipinski definition) is 4. The van der Waals surface area contributed by atoms with Crippen molar-refractivity contribution in [2.24, 2.45) is 0 Å². The lowest BCUT2D eigenvalue weighted by Gasteiger charge is -2.09. The smallest absolute Gasteiger partial charge is 0.329 e. The van der Waals surface area contributed by atoms with E-state index in [1.165, 1.54) is 0 Å². The number of nitrogens with one attached hydrogen (secondary N) is 2. The molecule has 0 saturated carbocycles. The number of nitrogens with zero attached hydrogens (tertiary/aromatic N) is 1. The molecule has 0 aliphatic heterocycles. The van der Waals surface area contributed by atoms with Crippen LogP contribution in [0.5, 0.6) is 5.75 Å². The van der Waals surface area contributed by atoms with Gasteiger partial charge in [0.05, 0.1) is 17.5 Å². The van der Waals surface area contributed by atoms with Crippen LogP contribution in [0.4, 0.5) is 0 Å². The Bertz CT molecular complexity index is 1070. The number of carbonyl (C=O) groups is 1. The van der Waals surface area contributed by atoms with Crippen molar-refractivity contribution in [2.45, 2.75) is 19.9 Å². The van der Waals surface area contributed by atoms with Gasteiger partial charge in [-0.3, -0.25) is 14.2 Å². The summed E-state index contributed by atoms with van der Waals surface area (Å²) in [6, 6.07) is 14.4. The van der Waals surface area contributed by atoms with E-state index in [1.807, 2.05) is 31.2 Å². The first-order chi connectivity index (χ1) is 13.0. The monoisotopic (exact) mass is 367 g/mol. The molecule has 0 bridgehead atoms. The van der Waals surface area contributed by atoms with Crippen LogP contribution in [0.1, 0.15) is 12.0 Å². The number of hydrogen-bond donors (Lipinski definition) is 2. The topological polar surface area (TPSA) is 93.2 Å². The molecule has 7 nitrogen and oxygen atoms in total. The lowest BCUT2D eigenvalue weighted by molar-refractivity contribution is -0.121. The van der Waals surface area contributed by atoms with Gasteiger partial charge in [-0.15, -0.1) is 0 Å². The van der Waals surface area contributed by atoms with E-state index in [0.29, 0.717) is 30.5 Å². The summed E-state index contributed by atoms with van der Waals surface area (Å²) in [6.45, 7) is 2.52. The summed E-state index contributed by atoms with van der Waals surface area (Å²) in [5.74, 6) is 0.393. The Morgan fingerprint density at radius 3 is 2.78 bits per heavy atom. The Labute approximate surface area is 155 Å². The van der Waals surface area contributed by atoms with Gasteiger partial charge in [0.25, 0.3) is 5.56 Å². The molecule has 2 N–H and O–H groups in total. The fourth-order valence-corrected chi connectivity index (χ4v) is 2.74. The summed E-state index contributed by atoms with van der Waals surface area (Å²) in [5.41, 5.74) is 0.494. The van der Waals surface area contributed by atoms with Crippen molar-refractivity contribution in [1.82, 2.24) is 14.9 Å². The van der Waals surface area contributed by atoms with Crippen LogP contribution < -0.4 is 21.3 Å². The molecule has 7 heteroatoms. The molecule has 27 heavy (non-hydrogen) atoms. The Morgan fingerprint density at radius 2 is 1.96 bits per heavy atom. The summed E-state index contributed by atoms with van der Waals surface area (Å²) >= 11 is 0. The second kappa shape index (κ2) is 8.35. The molecule has 0 radical (unpaired) electrons. The van der Waals surface area contributed by atoms with Gasteiger partial charge in [0.2, 0.25) is 5.91 Å². The van der Waals surface area contributed by atoms with Gasteiger partial charge in [0.15, 0.2) is 0 Å². The molecular formula is C20H21N3O4. The Hall–Kier alpha value is -3.35. The minimum Gasteiger partial charge on any atom is -0.494 e. The third-order valence-corrected chi connectivity index (χ3v) is 4.09. The Morgan fingerprint density at radius 1 is 1.15 bits per heavy atom. The van der Waals surface area contributed by atoms with E-state index in [2.05, 4.69) is 10.3 Å². The highest BCUT2D eigenvalue weighted by Gasteiger charge is 2.10. The van der Waals surface area contributed by atoms with E-state index >= 15 is 0 Å². The molecule has 0 unspecified atom stereocenters. The third-order valence-electron chi connectivity index (χ3n) is 4.09. The highest BCUT2D eigenvalue weighted by molar-refractivity contribution is 5.78. The van der Waals surface area contributed by atoms with Crippen LogP contribution in [-0.2, 0) is 11.3 Å². The summed E-state index contributed by atoms with van der Waals surface area (Å²) in [5, 5.41) is 3.07. The van der Waals surface area contributed by atoms with Gasteiger partial charge in [-0.05, 0) is 43.2 Å². The van der Waals surface area contributed by atoms with E-state index in [9.17, 15) is 14.4 Å². The van der Waals surface area contributed by atoms with Gasteiger partial charge in [-0.2, -0.15) is 0 Å². The SMILES string of the molecule is Cc1cccc(OCCCNC(=O)Cn2c(=O)[nH]c3ccccc3c2=O)c1. The van der Waals surface area contributed by atoms with Gasteiger partial charge >= 0.3 is 5.69 Å². The fourth-order valence-electron chi connectivity index (χ4n) is 2.74. The van der Waals surface area contributed by atoms with Crippen molar-refractivity contribution < 1.29 is 9.53 Å². The molecule has 0 fully saturated rings. The van der Waals surface area contributed by atoms with Crippen LogP contribution in [0, 0.1) is 6.92 Å². The van der Waals surface area contributed by atoms with Crippen molar-refractivity contribution in [2.75, 3.05) is 13.2 Å². The minimum absolute atomic E-state index is 0.322. The average Bonchev–Trinajstić information content (AvgIpc) is 2.65. The Balaban J connectivity index is 1.52. The normalized spacial score (nSPS) is 10.7. The maximum absolute atomic E-state index is 12.4. The maximum atomic E-state index is 12.4. The van der Waals surface area contributed by atoms with Gasteiger partial charge in [0.1, 0.15) is 12.3 Å². The number of aromatic amines is 1. The van der Waals surface area contributed by atoms with Crippen LogP contribution in [-0.4, -0.2) is 28.6 Å². The average molecular weight is 367 g/mol. The molecular weight excluding hydrogens is 346 g/mol. The number of rotatable bonds is 7. The zero-order chi connectivity index (χ0) is 19.2. The molecule has 2 aromatic carbocycles. The van der Waals surface area contributed by atoms with E-state index in [-0.39, 0.29) is 6.54 Å². The van der Waals surface area contributed by atoms with Crippen molar-refractivity contribution in [3.63, 3.8) is 0 Å². The quantitative estimate of drug-likeness (QED) is 0.620. The number of aryl methyl sites for hydroxylation is 1. The van der Waals surface area contributed by atoms with Crippen LogP contribution in [0.2, 0.25) is 0 Å². The number of H-pyrrole nitrogens is 1. The zero-order valence-electron chi connectivity index (χ0n) is 15.0. The van der Waals surface area contributed by atoms with Gasteiger partial charge in [-0.25, -0.2) is 4.79 Å². The summed E-state index contributed by atoms with van der Waals surface area (Å²) in [4.78, 5) is 39.1. The molecule has 140 valence electrons. The van der Waals surface area contributed by atoms with Crippen LogP contribution in [0.3, 0.4) is 0 Å². The number of benzene rings is 2. The number of para-hydroxylation sites is 1. The van der Waals surface area contributed by atoms with E-state index < -0.39 is 17.2 Å². The highest BCUT2D eigenvalue weighted by atomic mass is 16.5. The number of fused-ring (bicyclic) bond motifs is 1. The van der Waals surface area contributed by atoms with Gasteiger partial charge in [0, 0.05) is 6.54 Å². The summed E-state index contributed by atoms with van der Waals surface area (Å²) < 4.78 is 6.52. The number of aromatic nitrogens is 2. The summed E-state index contributed by atoms with van der Waals surface area (Å²) in [7, 11) is 0. The summed E-state index contributed by atoms with van der Waals surface area (Å²) in [6.07, 6.45) is 0.614. The lowest BCUT2D eigenvalue weighted by Crippen LogP contribution is -2.40. The first-order valence-electron chi connectivity index (χ1n) is 8.72. The molecule has 1 amide bonds. The second-order valence-electron chi connectivity index (χ2n) is 6.24. The second-order valence-corrected chi connectivity index (χ2v) is 6.24. The lowest BCUT2D eigenvalue weighted by atomic mass is 10.2. The molecule has 0 saturated heterocycles. The predicted molar refractivity (Wildman–Crippen MR) is 103 cm³/mol. The van der Waals surface area contributed by atoms with Crippen molar-refractivity contribution in [1.29, 1.82) is 0 Å². The Kier molecular flexibility index (Phi) is 5.71. The molecule has 0 atom stereocenters. The molecule has 0 spiro atoms. The van der Waals surface area contributed by atoms with Crippen molar-refractivity contribution in [3.05, 3.63) is 74.9 Å². The molecule has 1 aromatic heterocycles. The zero-order valence-corrected chi connectivity index (χ0v) is 15.0. The van der Waals surface area contributed by atoms with E-state index in [0.717, 1.165) is 15.9 Å². The van der Waals surface area contributed by atoms with Crippen LogP contribution in [0.15, 0.2) is 58.1 Å². The standard InChI is InChI=1S/C20H21N3O4/c1-14-6-4-7-15(12-14)27-11-5-10-21-18(24)13-23-19(25)16-8-2-3-9-17(16)22-20(23)26/h2-4,6-9,12H,5,10-11,13H2,1H3,(H,21,24)(H,22,26). The highest BCUT2D eigenvalue weighted by Crippen LogP contribution is 2.12. The molecule has 3 rings (SSSR count). The van der Waals surface area contributed by atoms with Crippen molar-refractivity contribution >= 4 is 16.8 Å². The van der Waals surface area contributed by atoms with E-state index in [1.54, 1.807) is 24.3 Å². The van der Waals surface area contributed by atoms with Crippen LogP contribution in [0.25, 0.3) is 10.9 Å². The minimum atomic E-state index is -0.600. The number of carbonyl (C=O) groups excluding carboxylic acids is 1. The predicted octanol–water partition coefficient (Wildman–Crippen LogP) is 1.58. The molecule has 1 heterocycles. The number of ether oxygens (including phenoxy) is 1. The maximum Gasteiger partial charge on any atom is 0.329 e. The van der Waals surface area contributed by atoms with Gasteiger partial charge in [-0.1, -0.05) is 24.3 Å². The first kappa shape index (κ1) is 18.4. The molecule has 3 aromatic rings. The fraction of sp³-hybridized carbons (Fsp3) is 0.250. The van der Waals surface area contributed by atoms with E-state index in [4.69, 9.17) is 4.74 Å². The molecule has 0 aliphatic carbocycles. The van der Waals surface area contributed by atoms with Gasteiger partial charge < -0.3 is 15.0 Å². The third kappa shape index (κ3) is 4.63. The number of amides is 1. The van der Waals surface area contributed by atoms with Crippen LogP contribution >= 0.6 is 0 Å².